The van der Waals surface area contributed by atoms with E-state index in [1.165, 1.54) is 0 Å². The molecule has 0 atom stereocenters. The number of nitrogens with zero attached hydrogens (tertiary/aromatic N) is 2. The number of anilines is 1. The summed E-state index contributed by atoms with van der Waals surface area (Å²) in [5.41, 5.74) is 1.88. The van der Waals surface area contributed by atoms with Crippen LogP contribution in [0.25, 0.3) is 11.3 Å². The highest BCUT2D eigenvalue weighted by Gasteiger charge is 2.19. The number of carbonyl (C=O) groups excluding carboxylic acids is 1. The van der Waals surface area contributed by atoms with E-state index in [2.05, 4.69) is 10.3 Å². The normalized spacial score (nSPS) is 15.7. The van der Waals surface area contributed by atoms with Crippen LogP contribution in [0.5, 0.6) is 11.5 Å². The third kappa shape index (κ3) is 3.52. The molecule has 2 aliphatic heterocycles. The van der Waals surface area contributed by atoms with Gasteiger partial charge in [-0.05, 0) is 43.2 Å². The summed E-state index contributed by atoms with van der Waals surface area (Å²) in [6, 6.07) is 11.8. The standard InChI is InChI=1S/C19H21N3O3/c23-19-6-2-10-22(19)11-3-9-20-18-5-1-4-15(21-18)14-7-8-16-17(12-14)25-13-24-16/h1,4-5,7-8,12H,2-3,6,9-11,13H2,(H,20,21). The molecule has 2 aromatic rings. The molecule has 0 aliphatic carbocycles. The van der Waals surface area contributed by atoms with Crippen molar-refractivity contribution in [2.24, 2.45) is 0 Å². The van der Waals surface area contributed by atoms with Crippen LogP contribution in [0.2, 0.25) is 0 Å². The molecule has 6 nitrogen and oxygen atoms in total. The fourth-order valence-corrected chi connectivity index (χ4v) is 3.18. The first-order chi connectivity index (χ1) is 12.3. The van der Waals surface area contributed by atoms with Gasteiger partial charge < -0.3 is 19.7 Å². The van der Waals surface area contributed by atoms with Gasteiger partial charge in [0.2, 0.25) is 12.7 Å². The minimum atomic E-state index is 0.271. The fourth-order valence-electron chi connectivity index (χ4n) is 3.18. The second-order valence-electron chi connectivity index (χ2n) is 6.24. The topological polar surface area (TPSA) is 63.7 Å². The Morgan fingerprint density at radius 2 is 2.08 bits per heavy atom. The van der Waals surface area contributed by atoms with Crippen LogP contribution in [0.3, 0.4) is 0 Å². The smallest absolute Gasteiger partial charge is 0.231 e. The molecule has 3 heterocycles. The second-order valence-corrected chi connectivity index (χ2v) is 6.24. The average molecular weight is 339 g/mol. The first kappa shape index (κ1) is 15.7. The number of likely N-dealkylation sites (tertiary alicyclic amines) is 1. The Bertz CT molecular complexity index is 778. The van der Waals surface area contributed by atoms with Crippen LogP contribution in [0.4, 0.5) is 5.82 Å². The van der Waals surface area contributed by atoms with Gasteiger partial charge in [-0.2, -0.15) is 0 Å². The van der Waals surface area contributed by atoms with Crippen molar-refractivity contribution in [3.05, 3.63) is 36.4 Å². The Labute approximate surface area is 146 Å². The molecule has 25 heavy (non-hydrogen) atoms. The molecule has 1 aromatic heterocycles. The average Bonchev–Trinajstić information content (AvgIpc) is 3.27. The van der Waals surface area contributed by atoms with Crippen LogP contribution in [0.15, 0.2) is 36.4 Å². The molecule has 4 rings (SSSR count). The highest BCUT2D eigenvalue weighted by Crippen LogP contribution is 2.35. The Kier molecular flexibility index (Phi) is 4.41. The number of rotatable bonds is 6. The van der Waals surface area contributed by atoms with Crippen LogP contribution in [0.1, 0.15) is 19.3 Å². The molecule has 130 valence electrons. The maximum absolute atomic E-state index is 11.6. The van der Waals surface area contributed by atoms with Gasteiger partial charge >= 0.3 is 0 Å². The number of nitrogens with one attached hydrogen (secondary N) is 1. The maximum atomic E-state index is 11.6. The number of pyridine rings is 1. The molecule has 0 bridgehead atoms. The molecule has 1 saturated heterocycles. The lowest BCUT2D eigenvalue weighted by atomic mass is 10.1. The van der Waals surface area contributed by atoms with Gasteiger partial charge in [0.15, 0.2) is 11.5 Å². The van der Waals surface area contributed by atoms with Gasteiger partial charge in [0.25, 0.3) is 0 Å². The van der Waals surface area contributed by atoms with Crippen molar-refractivity contribution in [2.75, 3.05) is 31.7 Å². The minimum absolute atomic E-state index is 0.271. The number of hydrogen-bond donors (Lipinski definition) is 1. The summed E-state index contributed by atoms with van der Waals surface area (Å²) < 4.78 is 10.8. The number of benzene rings is 1. The Morgan fingerprint density at radius 3 is 2.96 bits per heavy atom. The molecular weight excluding hydrogens is 318 g/mol. The largest absolute Gasteiger partial charge is 0.454 e. The van der Waals surface area contributed by atoms with E-state index in [9.17, 15) is 4.79 Å². The zero-order valence-electron chi connectivity index (χ0n) is 14.0. The second kappa shape index (κ2) is 7.01. The van der Waals surface area contributed by atoms with Gasteiger partial charge in [0, 0.05) is 31.6 Å². The van der Waals surface area contributed by atoms with Crippen LogP contribution >= 0.6 is 0 Å². The number of ether oxygens (including phenoxy) is 2. The summed E-state index contributed by atoms with van der Waals surface area (Å²) in [4.78, 5) is 18.2. The van der Waals surface area contributed by atoms with Gasteiger partial charge in [0.05, 0.1) is 5.69 Å². The van der Waals surface area contributed by atoms with E-state index in [4.69, 9.17) is 9.47 Å². The van der Waals surface area contributed by atoms with Gasteiger partial charge in [-0.25, -0.2) is 4.98 Å². The van der Waals surface area contributed by atoms with E-state index in [1.807, 2.05) is 41.3 Å². The maximum Gasteiger partial charge on any atom is 0.231 e. The van der Waals surface area contributed by atoms with Crippen molar-refractivity contribution in [3.8, 4) is 22.8 Å². The number of fused-ring (bicyclic) bond motifs is 1. The summed E-state index contributed by atoms with van der Waals surface area (Å²) in [5.74, 6) is 2.65. The predicted molar refractivity (Wildman–Crippen MR) is 94.7 cm³/mol. The van der Waals surface area contributed by atoms with E-state index in [1.54, 1.807) is 0 Å². The lowest BCUT2D eigenvalue weighted by Gasteiger charge is -2.15. The summed E-state index contributed by atoms with van der Waals surface area (Å²) in [6.07, 6.45) is 2.61. The number of carbonyl (C=O) groups is 1. The van der Waals surface area contributed by atoms with Gasteiger partial charge in [-0.1, -0.05) is 6.07 Å². The van der Waals surface area contributed by atoms with Crippen LogP contribution in [-0.4, -0.2) is 42.2 Å². The van der Waals surface area contributed by atoms with Crippen LogP contribution in [0, 0.1) is 0 Å². The lowest BCUT2D eigenvalue weighted by molar-refractivity contribution is -0.127. The van der Waals surface area contributed by atoms with Crippen molar-refractivity contribution in [3.63, 3.8) is 0 Å². The highest BCUT2D eigenvalue weighted by molar-refractivity contribution is 5.78. The van der Waals surface area contributed by atoms with Gasteiger partial charge in [-0.15, -0.1) is 0 Å². The summed E-state index contributed by atoms with van der Waals surface area (Å²) in [5, 5.41) is 3.34. The summed E-state index contributed by atoms with van der Waals surface area (Å²) in [6.45, 7) is 2.78. The molecular formula is C19H21N3O3. The number of aromatic nitrogens is 1. The first-order valence-electron chi connectivity index (χ1n) is 8.68. The lowest BCUT2D eigenvalue weighted by Crippen LogP contribution is -2.27. The van der Waals surface area contributed by atoms with E-state index in [-0.39, 0.29) is 12.7 Å². The van der Waals surface area contributed by atoms with E-state index < -0.39 is 0 Å². The van der Waals surface area contributed by atoms with Crippen molar-refractivity contribution in [1.29, 1.82) is 0 Å². The number of hydrogen-bond acceptors (Lipinski definition) is 5. The monoisotopic (exact) mass is 339 g/mol. The van der Waals surface area contributed by atoms with Crippen molar-refractivity contribution in [2.45, 2.75) is 19.3 Å². The molecule has 1 fully saturated rings. The highest BCUT2D eigenvalue weighted by atomic mass is 16.7. The third-order valence-corrected chi connectivity index (χ3v) is 4.50. The van der Waals surface area contributed by atoms with E-state index in [0.29, 0.717) is 6.42 Å². The van der Waals surface area contributed by atoms with E-state index in [0.717, 1.165) is 61.1 Å². The van der Waals surface area contributed by atoms with Crippen LogP contribution in [-0.2, 0) is 4.79 Å². The van der Waals surface area contributed by atoms with Crippen LogP contribution < -0.4 is 14.8 Å². The summed E-state index contributed by atoms with van der Waals surface area (Å²) >= 11 is 0. The fraction of sp³-hybridized carbons (Fsp3) is 0.368. The zero-order chi connectivity index (χ0) is 17.1. The minimum Gasteiger partial charge on any atom is -0.454 e. The van der Waals surface area contributed by atoms with Crippen molar-refractivity contribution < 1.29 is 14.3 Å². The molecule has 0 radical (unpaired) electrons. The Morgan fingerprint density at radius 1 is 1.16 bits per heavy atom. The SMILES string of the molecule is O=C1CCCN1CCCNc1cccc(-c2ccc3c(c2)OCO3)n1. The summed E-state index contributed by atoms with van der Waals surface area (Å²) in [7, 11) is 0. The van der Waals surface area contributed by atoms with E-state index >= 15 is 0 Å². The quantitative estimate of drug-likeness (QED) is 0.820. The molecule has 0 saturated carbocycles. The Hall–Kier alpha value is -2.76. The molecule has 1 N–H and O–H groups in total. The van der Waals surface area contributed by atoms with Crippen molar-refractivity contribution >= 4 is 11.7 Å². The first-order valence-corrected chi connectivity index (χ1v) is 8.68. The molecule has 0 unspecified atom stereocenters. The molecule has 0 spiro atoms. The van der Waals surface area contributed by atoms with Gasteiger partial charge in [-0.3, -0.25) is 4.79 Å². The number of amides is 1. The third-order valence-electron chi connectivity index (χ3n) is 4.50. The van der Waals surface area contributed by atoms with Gasteiger partial charge in [0.1, 0.15) is 5.82 Å². The zero-order valence-corrected chi connectivity index (χ0v) is 14.0. The molecule has 2 aliphatic rings. The molecule has 1 aromatic carbocycles. The molecule has 6 heteroatoms. The Balaban J connectivity index is 1.35. The molecule has 1 amide bonds. The van der Waals surface area contributed by atoms with Crippen molar-refractivity contribution in [1.82, 2.24) is 9.88 Å². The predicted octanol–water partition coefficient (Wildman–Crippen LogP) is 2.90.